The third-order valence-corrected chi connectivity index (χ3v) is 2.87. The Balaban J connectivity index is 2.89. The zero-order valence-corrected chi connectivity index (χ0v) is 11.6. The first-order valence-corrected chi connectivity index (χ1v) is 6.11. The molecular weight excluding hydrogens is 232 g/mol. The summed E-state index contributed by atoms with van der Waals surface area (Å²) in [4.78, 5) is 2.32. The molecule has 1 aromatic carbocycles. The summed E-state index contributed by atoms with van der Waals surface area (Å²) in [6.45, 7) is 12.0. The lowest BCUT2D eigenvalue weighted by atomic mass is 10.0. The zero-order valence-electron chi connectivity index (χ0n) is 10.8. The van der Waals surface area contributed by atoms with Gasteiger partial charge >= 0.3 is 0 Å². The van der Waals surface area contributed by atoms with Crippen molar-refractivity contribution in [2.45, 2.75) is 32.9 Å². The Morgan fingerprint density at radius 1 is 1.35 bits per heavy atom. The number of rotatable bonds is 4. The molecular formula is C14H21ClN2. The first-order valence-electron chi connectivity index (χ1n) is 5.74. The minimum Gasteiger partial charge on any atom is -0.399 e. The number of hydrogen-bond acceptors (Lipinski definition) is 2. The van der Waals surface area contributed by atoms with Crippen LogP contribution in [0.5, 0.6) is 0 Å². The highest BCUT2D eigenvalue weighted by molar-refractivity contribution is 6.30. The number of nitrogens with zero attached hydrogens (tertiary/aromatic N) is 1. The maximum Gasteiger partial charge on any atom is 0.0429 e. The summed E-state index contributed by atoms with van der Waals surface area (Å²) < 4.78 is 0. The fourth-order valence-corrected chi connectivity index (χ4v) is 1.98. The van der Waals surface area contributed by atoms with Crippen molar-refractivity contribution >= 4 is 17.3 Å². The lowest BCUT2D eigenvalue weighted by molar-refractivity contribution is 0.145. The standard InChI is InChI=1S/C14H21ClN2/c1-5-6-17(14(2,3)4)10-11-7-12(15)9-13(16)8-11/h5,7-9H,1,6,10,16H2,2-4H3. The van der Waals surface area contributed by atoms with Crippen LogP contribution in [0.3, 0.4) is 0 Å². The molecule has 17 heavy (non-hydrogen) atoms. The molecule has 0 spiro atoms. The van der Waals surface area contributed by atoms with E-state index >= 15 is 0 Å². The summed E-state index contributed by atoms with van der Waals surface area (Å²) >= 11 is 6.01. The van der Waals surface area contributed by atoms with Crippen molar-refractivity contribution in [1.82, 2.24) is 4.90 Å². The zero-order chi connectivity index (χ0) is 13.1. The first-order chi connectivity index (χ1) is 7.82. The Bertz CT molecular complexity index is 373. The van der Waals surface area contributed by atoms with E-state index in [9.17, 15) is 0 Å². The average molecular weight is 253 g/mol. The lowest BCUT2D eigenvalue weighted by Crippen LogP contribution is -2.40. The van der Waals surface area contributed by atoms with E-state index in [-0.39, 0.29) is 5.54 Å². The number of nitrogens with two attached hydrogens (primary N) is 1. The van der Waals surface area contributed by atoms with Gasteiger partial charge in [0, 0.05) is 29.3 Å². The Labute approximate surface area is 109 Å². The summed E-state index contributed by atoms with van der Waals surface area (Å²) in [6.07, 6.45) is 1.92. The highest BCUT2D eigenvalue weighted by atomic mass is 35.5. The van der Waals surface area contributed by atoms with E-state index in [0.717, 1.165) is 18.7 Å². The van der Waals surface area contributed by atoms with Gasteiger partial charge in [0.1, 0.15) is 0 Å². The molecule has 0 saturated heterocycles. The summed E-state index contributed by atoms with van der Waals surface area (Å²) in [7, 11) is 0. The van der Waals surface area contributed by atoms with Crippen molar-refractivity contribution in [3.8, 4) is 0 Å². The van der Waals surface area contributed by atoms with Crippen LogP contribution in [0, 0.1) is 0 Å². The SMILES string of the molecule is C=CCN(Cc1cc(N)cc(Cl)c1)C(C)(C)C. The molecule has 3 heteroatoms. The van der Waals surface area contributed by atoms with Gasteiger partial charge in [-0.15, -0.1) is 6.58 Å². The van der Waals surface area contributed by atoms with Crippen LogP contribution in [0.4, 0.5) is 5.69 Å². The maximum atomic E-state index is 6.01. The molecule has 0 radical (unpaired) electrons. The highest BCUT2D eigenvalue weighted by Crippen LogP contribution is 2.21. The molecule has 94 valence electrons. The van der Waals surface area contributed by atoms with Gasteiger partial charge < -0.3 is 5.73 Å². The molecule has 0 aromatic heterocycles. The summed E-state index contributed by atoms with van der Waals surface area (Å²) in [5.74, 6) is 0. The third-order valence-electron chi connectivity index (χ3n) is 2.65. The van der Waals surface area contributed by atoms with Gasteiger partial charge in [0.05, 0.1) is 0 Å². The van der Waals surface area contributed by atoms with E-state index in [2.05, 4.69) is 32.3 Å². The van der Waals surface area contributed by atoms with Crippen LogP contribution in [-0.4, -0.2) is 17.0 Å². The fraction of sp³-hybridized carbons (Fsp3) is 0.429. The number of benzene rings is 1. The van der Waals surface area contributed by atoms with Crippen molar-refractivity contribution in [1.29, 1.82) is 0 Å². The van der Waals surface area contributed by atoms with Crippen molar-refractivity contribution in [3.63, 3.8) is 0 Å². The number of halogens is 1. The van der Waals surface area contributed by atoms with Gasteiger partial charge in [-0.2, -0.15) is 0 Å². The summed E-state index contributed by atoms with van der Waals surface area (Å²) in [5.41, 5.74) is 7.72. The summed E-state index contributed by atoms with van der Waals surface area (Å²) in [6, 6.07) is 5.69. The van der Waals surface area contributed by atoms with Crippen LogP contribution in [0.1, 0.15) is 26.3 Å². The van der Waals surface area contributed by atoms with Crippen molar-refractivity contribution < 1.29 is 0 Å². The Morgan fingerprint density at radius 2 is 2.00 bits per heavy atom. The second-order valence-electron chi connectivity index (χ2n) is 5.23. The molecule has 0 saturated carbocycles. The van der Waals surface area contributed by atoms with Crippen LogP contribution in [0.15, 0.2) is 30.9 Å². The Hall–Kier alpha value is -0.990. The molecule has 0 fully saturated rings. The molecule has 2 N–H and O–H groups in total. The van der Waals surface area contributed by atoms with Crippen LogP contribution >= 0.6 is 11.6 Å². The van der Waals surface area contributed by atoms with E-state index in [1.807, 2.05) is 18.2 Å². The smallest absolute Gasteiger partial charge is 0.0429 e. The fourth-order valence-electron chi connectivity index (χ4n) is 1.72. The van der Waals surface area contributed by atoms with E-state index in [1.165, 1.54) is 0 Å². The molecule has 0 bridgehead atoms. The quantitative estimate of drug-likeness (QED) is 0.654. The number of hydrogen-bond donors (Lipinski definition) is 1. The number of anilines is 1. The monoisotopic (exact) mass is 252 g/mol. The predicted molar refractivity (Wildman–Crippen MR) is 76.2 cm³/mol. The second kappa shape index (κ2) is 5.56. The van der Waals surface area contributed by atoms with Crippen LogP contribution in [-0.2, 0) is 6.54 Å². The van der Waals surface area contributed by atoms with E-state index < -0.39 is 0 Å². The topological polar surface area (TPSA) is 29.3 Å². The van der Waals surface area contributed by atoms with Crippen molar-refractivity contribution in [2.24, 2.45) is 0 Å². The molecule has 0 aliphatic rings. The van der Waals surface area contributed by atoms with Gasteiger partial charge in [-0.3, -0.25) is 4.90 Å². The molecule has 0 aliphatic carbocycles. The largest absolute Gasteiger partial charge is 0.399 e. The first kappa shape index (κ1) is 14.1. The van der Waals surface area contributed by atoms with Crippen LogP contribution in [0.2, 0.25) is 5.02 Å². The summed E-state index contributed by atoms with van der Waals surface area (Å²) in [5, 5.41) is 0.687. The minimum atomic E-state index is 0.0886. The van der Waals surface area contributed by atoms with Gasteiger partial charge in [0.15, 0.2) is 0 Å². The van der Waals surface area contributed by atoms with Gasteiger partial charge in [0.25, 0.3) is 0 Å². The second-order valence-corrected chi connectivity index (χ2v) is 5.67. The van der Waals surface area contributed by atoms with E-state index in [1.54, 1.807) is 6.07 Å². The molecule has 2 nitrogen and oxygen atoms in total. The van der Waals surface area contributed by atoms with E-state index in [0.29, 0.717) is 10.7 Å². The van der Waals surface area contributed by atoms with Crippen LogP contribution in [0.25, 0.3) is 0 Å². The van der Waals surface area contributed by atoms with Gasteiger partial charge in [-0.25, -0.2) is 0 Å². The normalized spacial score (nSPS) is 11.8. The van der Waals surface area contributed by atoms with Gasteiger partial charge in [-0.05, 0) is 44.5 Å². The third kappa shape index (κ3) is 4.41. The predicted octanol–water partition coefficient (Wildman–Crippen LogP) is 3.71. The molecule has 1 aromatic rings. The molecule has 0 atom stereocenters. The Kier molecular flexibility index (Phi) is 4.61. The maximum absolute atomic E-state index is 6.01. The minimum absolute atomic E-state index is 0.0886. The molecule has 0 unspecified atom stereocenters. The lowest BCUT2D eigenvalue weighted by Gasteiger charge is -2.35. The molecule has 0 amide bonds. The average Bonchev–Trinajstić information content (AvgIpc) is 2.13. The van der Waals surface area contributed by atoms with E-state index in [4.69, 9.17) is 17.3 Å². The number of nitrogen functional groups attached to an aromatic ring is 1. The Morgan fingerprint density at radius 3 is 2.47 bits per heavy atom. The van der Waals surface area contributed by atoms with Crippen molar-refractivity contribution in [3.05, 3.63) is 41.4 Å². The van der Waals surface area contributed by atoms with Crippen molar-refractivity contribution in [2.75, 3.05) is 12.3 Å². The molecule has 1 rings (SSSR count). The highest BCUT2D eigenvalue weighted by Gasteiger charge is 2.20. The van der Waals surface area contributed by atoms with Crippen LogP contribution < -0.4 is 5.73 Å². The molecule has 0 aliphatic heterocycles. The van der Waals surface area contributed by atoms with Gasteiger partial charge in [0.2, 0.25) is 0 Å². The molecule has 0 heterocycles. The van der Waals surface area contributed by atoms with Gasteiger partial charge in [-0.1, -0.05) is 17.7 Å².